The van der Waals surface area contributed by atoms with Crippen molar-refractivity contribution in [3.05, 3.63) is 41.3 Å². The van der Waals surface area contributed by atoms with Crippen molar-refractivity contribution >= 4 is 22.8 Å². The van der Waals surface area contributed by atoms with Crippen LogP contribution in [0.3, 0.4) is 0 Å². The van der Waals surface area contributed by atoms with E-state index in [0.717, 1.165) is 0 Å². The predicted molar refractivity (Wildman–Crippen MR) is 80.0 cm³/mol. The maximum absolute atomic E-state index is 13.3. The highest BCUT2D eigenvalue weighted by Gasteiger charge is 2.16. The van der Waals surface area contributed by atoms with E-state index in [9.17, 15) is 14.0 Å². The molecule has 0 bridgehead atoms. The number of amides is 1. The Kier molecular flexibility index (Phi) is 4.70. The zero-order valence-electron chi connectivity index (χ0n) is 12.6. The molecular weight excluding hydrogens is 287 g/mol. The zero-order chi connectivity index (χ0) is 16.3. The quantitative estimate of drug-likeness (QED) is 0.881. The first kappa shape index (κ1) is 15.9. The summed E-state index contributed by atoms with van der Waals surface area (Å²) in [4.78, 5) is 27.4. The lowest BCUT2D eigenvalue weighted by Crippen LogP contribution is -2.31. The number of nitrogens with one attached hydrogen (secondary N) is 1. The van der Waals surface area contributed by atoms with Crippen LogP contribution in [0.2, 0.25) is 0 Å². The molecule has 0 aliphatic rings. The van der Waals surface area contributed by atoms with Gasteiger partial charge in [-0.3, -0.25) is 9.78 Å². The van der Waals surface area contributed by atoms with Crippen LogP contribution >= 0.6 is 0 Å². The van der Waals surface area contributed by atoms with Crippen LogP contribution in [-0.4, -0.2) is 29.5 Å². The monoisotopic (exact) mass is 304 g/mol. The molecule has 0 radical (unpaired) electrons. The van der Waals surface area contributed by atoms with Gasteiger partial charge in [-0.1, -0.05) is 0 Å². The number of carbonyl (C=O) groups excluding carboxylic acids is 2. The highest BCUT2D eigenvalue weighted by Crippen LogP contribution is 2.20. The zero-order valence-corrected chi connectivity index (χ0v) is 12.6. The second-order valence-corrected chi connectivity index (χ2v) is 5.13. The molecule has 1 amide bonds. The molecule has 1 unspecified atom stereocenters. The Hall–Kier alpha value is -2.50. The van der Waals surface area contributed by atoms with E-state index in [1.165, 1.54) is 25.1 Å². The highest BCUT2D eigenvalue weighted by atomic mass is 19.1. The van der Waals surface area contributed by atoms with Gasteiger partial charge in [0, 0.05) is 24.1 Å². The van der Waals surface area contributed by atoms with E-state index in [-0.39, 0.29) is 12.5 Å². The standard InChI is InChI=1S/C16H17FN2O3/c1-9-6-14(13-5-4-12(17)7-15(13)19-9)16(21)22-10(2)8-18-11(3)20/h4-7,10H,8H2,1-3H3,(H,18,20). The van der Waals surface area contributed by atoms with Gasteiger partial charge in [0.1, 0.15) is 11.9 Å². The van der Waals surface area contributed by atoms with Crippen LogP contribution in [0.5, 0.6) is 0 Å². The Balaban J connectivity index is 2.26. The molecule has 116 valence electrons. The number of hydrogen-bond donors (Lipinski definition) is 1. The number of esters is 1. The molecular formula is C16H17FN2O3. The minimum atomic E-state index is -0.528. The van der Waals surface area contributed by atoms with Crippen molar-refractivity contribution in [1.29, 1.82) is 0 Å². The van der Waals surface area contributed by atoms with E-state index >= 15 is 0 Å². The smallest absolute Gasteiger partial charge is 0.339 e. The maximum atomic E-state index is 13.3. The molecule has 1 aromatic carbocycles. The molecule has 0 aliphatic carbocycles. The number of pyridine rings is 1. The molecule has 0 saturated heterocycles. The molecule has 5 nitrogen and oxygen atoms in total. The Morgan fingerprint density at radius 1 is 1.36 bits per heavy atom. The molecule has 2 rings (SSSR count). The van der Waals surface area contributed by atoms with Gasteiger partial charge in [-0.05, 0) is 32.0 Å². The van der Waals surface area contributed by atoms with Crippen molar-refractivity contribution in [1.82, 2.24) is 10.3 Å². The fourth-order valence-electron chi connectivity index (χ4n) is 2.08. The summed E-state index contributed by atoms with van der Waals surface area (Å²) in [5.41, 5.74) is 1.33. The molecule has 1 heterocycles. The summed E-state index contributed by atoms with van der Waals surface area (Å²) in [5, 5.41) is 3.11. The molecule has 6 heteroatoms. The van der Waals surface area contributed by atoms with E-state index in [0.29, 0.717) is 22.2 Å². The minimum Gasteiger partial charge on any atom is -0.457 e. The summed E-state index contributed by atoms with van der Waals surface area (Å²) in [6.07, 6.45) is -0.472. The number of hydrogen-bond acceptors (Lipinski definition) is 4. The van der Waals surface area contributed by atoms with Crippen molar-refractivity contribution in [2.75, 3.05) is 6.54 Å². The Labute approximate surface area is 127 Å². The molecule has 1 N–H and O–H groups in total. The molecule has 22 heavy (non-hydrogen) atoms. The molecule has 0 fully saturated rings. The summed E-state index contributed by atoms with van der Waals surface area (Å²) < 4.78 is 18.6. The van der Waals surface area contributed by atoms with Crippen molar-refractivity contribution in [2.45, 2.75) is 26.9 Å². The SMILES string of the molecule is CC(=O)NCC(C)OC(=O)c1cc(C)nc2cc(F)ccc12. The molecule has 1 atom stereocenters. The number of fused-ring (bicyclic) bond motifs is 1. The lowest BCUT2D eigenvalue weighted by Gasteiger charge is -2.14. The number of nitrogens with zero attached hydrogens (tertiary/aromatic N) is 1. The van der Waals surface area contributed by atoms with Crippen LogP contribution in [0.25, 0.3) is 10.9 Å². The maximum Gasteiger partial charge on any atom is 0.339 e. The Bertz CT molecular complexity index is 725. The van der Waals surface area contributed by atoms with Crippen LogP contribution in [0.1, 0.15) is 29.9 Å². The first-order chi connectivity index (χ1) is 10.4. The van der Waals surface area contributed by atoms with E-state index in [2.05, 4.69) is 10.3 Å². The predicted octanol–water partition coefficient (Wildman–Crippen LogP) is 2.36. The highest BCUT2D eigenvalue weighted by molar-refractivity contribution is 6.03. The fraction of sp³-hybridized carbons (Fsp3) is 0.312. The lowest BCUT2D eigenvalue weighted by molar-refractivity contribution is -0.119. The Morgan fingerprint density at radius 2 is 2.09 bits per heavy atom. The van der Waals surface area contributed by atoms with Crippen LogP contribution < -0.4 is 5.32 Å². The van der Waals surface area contributed by atoms with Gasteiger partial charge in [0.15, 0.2) is 0 Å². The van der Waals surface area contributed by atoms with E-state index in [1.54, 1.807) is 19.9 Å². The molecule has 0 aliphatic heterocycles. The number of halogens is 1. The van der Waals surface area contributed by atoms with Gasteiger partial charge in [0.25, 0.3) is 0 Å². The molecule has 1 aromatic heterocycles. The average Bonchev–Trinajstić information content (AvgIpc) is 2.43. The minimum absolute atomic E-state index is 0.191. The van der Waals surface area contributed by atoms with Gasteiger partial charge in [-0.2, -0.15) is 0 Å². The van der Waals surface area contributed by atoms with Gasteiger partial charge < -0.3 is 10.1 Å². The largest absolute Gasteiger partial charge is 0.457 e. The van der Waals surface area contributed by atoms with Gasteiger partial charge in [0.05, 0.1) is 17.6 Å². The second kappa shape index (κ2) is 6.51. The summed E-state index contributed by atoms with van der Waals surface area (Å²) in [7, 11) is 0. The van der Waals surface area contributed by atoms with Crippen molar-refractivity contribution in [3.63, 3.8) is 0 Å². The van der Waals surface area contributed by atoms with Crippen LogP contribution in [0, 0.1) is 12.7 Å². The van der Waals surface area contributed by atoms with Crippen molar-refractivity contribution < 1.29 is 18.7 Å². The average molecular weight is 304 g/mol. The number of carbonyl (C=O) groups is 2. The van der Waals surface area contributed by atoms with Gasteiger partial charge in [-0.25, -0.2) is 9.18 Å². The van der Waals surface area contributed by atoms with Crippen LogP contribution in [-0.2, 0) is 9.53 Å². The third-order valence-corrected chi connectivity index (χ3v) is 3.07. The summed E-state index contributed by atoms with van der Waals surface area (Å²) in [6, 6.07) is 5.66. The number of ether oxygens (including phenoxy) is 1. The normalized spacial score (nSPS) is 12.0. The molecule has 0 spiro atoms. The third-order valence-electron chi connectivity index (χ3n) is 3.07. The van der Waals surface area contributed by atoms with Crippen molar-refractivity contribution in [3.8, 4) is 0 Å². The fourth-order valence-corrected chi connectivity index (χ4v) is 2.08. The second-order valence-electron chi connectivity index (χ2n) is 5.13. The molecule has 0 saturated carbocycles. The first-order valence-corrected chi connectivity index (χ1v) is 6.89. The van der Waals surface area contributed by atoms with Gasteiger partial charge in [0.2, 0.25) is 5.91 Å². The van der Waals surface area contributed by atoms with E-state index in [4.69, 9.17) is 4.74 Å². The van der Waals surface area contributed by atoms with Crippen molar-refractivity contribution in [2.24, 2.45) is 0 Å². The van der Waals surface area contributed by atoms with Gasteiger partial charge in [-0.15, -0.1) is 0 Å². The summed E-state index contributed by atoms with van der Waals surface area (Å²) in [5.74, 6) is -1.13. The summed E-state index contributed by atoms with van der Waals surface area (Å²) in [6.45, 7) is 5.03. The van der Waals surface area contributed by atoms with Gasteiger partial charge >= 0.3 is 5.97 Å². The number of rotatable bonds is 4. The number of aromatic nitrogens is 1. The van der Waals surface area contributed by atoms with Crippen LogP contribution in [0.15, 0.2) is 24.3 Å². The topological polar surface area (TPSA) is 68.3 Å². The number of benzene rings is 1. The molecule has 2 aromatic rings. The van der Waals surface area contributed by atoms with E-state index < -0.39 is 17.9 Å². The van der Waals surface area contributed by atoms with Crippen LogP contribution in [0.4, 0.5) is 4.39 Å². The first-order valence-electron chi connectivity index (χ1n) is 6.89. The third kappa shape index (κ3) is 3.78. The lowest BCUT2D eigenvalue weighted by atomic mass is 10.1. The number of aryl methyl sites for hydroxylation is 1. The summed E-state index contributed by atoms with van der Waals surface area (Å²) >= 11 is 0. The Morgan fingerprint density at radius 3 is 2.77 bits per heavy atom. The van der Waals surface area contributed by atoms with E-state index in [1.807, 2.05) is 0 Å².